The lowest BCUT2D eigenvalue weighted by Crippen LogP contribution is -2.38. The van der Waals surface area contributed by atoms with Crippen molar-refractivity contribution in [3.05, 3.63) is 35.7 Å². The summed E-state index contributed by atoms with van der Waals surface area (Å²) in [6.45, 7) is 0.308. The first kappa shape index (κ1) is 17.1. The standard InChI is InChI=1S/C15H18N6O4S/c1-19-12-3-2-4-14(15(12)16-18-19)26(24,25)20-5-6-21-10(8-20)7-11(17-21)13(23)9-22/h2-4,7,13,22-23H,5-6,8-9H2,1H3. The van der Waals surface area contributed by atoms with Gasteiger partial charge in [-0.2, -0.15) is 9.40 Å². The first-order valence-corrected chi connectivity index (χ1v) is 9.50. The van der Waals surface area contributed by atoms with Crippen LogP contribution in [0, 0.1) is 0 Å². The highest BCUT2D eigenvalue weighted by Crippen LogP contribution is 2.27. The number of hydrogen-bond donors (Lipinski definition) is 2. The molecule has 26 heavy (non-hydrogen) atoms. The Bertz CT molecular complexity index is 1070. The number of sulfonamides is 1. The predicted octanol–water partition coefficient (Wildman–Crippen LogP) is -0.605. The Morgan fingerprint density at radius 2 is 2.12 bits per heavy atom. The zero-order valence-corrected chi connectivity index (χ0v) is 14.8. The van der Waals surface area contributed by atoms with Crippen LogP contribution in [0.1, 0.15) is 17.5 Å². The molecule has 1 atom stereocenters. The summed E-state index contributed by atoms with van der Waals surface area (Å²) in [5, 5.41) is 30.9. The Morgan fingerprint density at radius 3 is 2.88 bits per heavy atom. The Balaban J connectivity index is 1.70. The minimum absolute atomic E-state index is 0.117. The van der Waals surface area contributed by atoms with Crippen LogP contribution in [-0.2, 0) is 30.2 Å². The van der Waals surface area contributed by atoms with Crippen LogP contribution in [0.3, 0.4) is 0 Å². The van der Waals surface area contributed by atoms with E-state index < -0.39 is 22.7 Å². The van der Waals surface area contributed by atoms with Crippen LogP contribution in [0.5, 0.6) is 0 Å². The highest BCUT2D eigenvalue weighted by atomic mass is 32.2. The number of aryl methyl sites for hydroxylation is 1. The van der Waals surface area contributed by atoms with E-state index in [-0.39, 0.29) is 18.0 Å². The van der Waals surface area contributed by atoms with E-state index in [0.717, 1.165) is 0 Å². The maximum absolute atomic E-state index is 13.1. The molecule has 0 saturated carbocycles. The lowest BCUT2D eigenvalue weighted by molar-refractivity contribution is 0.0916. The van der Waals surface area contributed by atoms with E-state index in [0.29, 0.717) is 29.0 Å². The largest absolute Gasteiger partial charge is 0.393 e. The second-order valence-electron chi connectivity index (χ2n) is 6.16. The van der Waals surface area contributed by atoms with E-state index in [4.69, 9.17) is 5.11 Å². The first-order chi connectivity index (χ1) is 12.4. The molecule has 3 aromatic rings. The molecule has 0 radical (unpaired) electrons. The summed E-state index contributed by atoms with van der Waals surface area (Å²) >= 11 is 0. The third-order valence-electron chi connectivity index (χ3n) is 4.52. The van der Waals surface area contributed by atoms with E-state index in [1.807, 2.05) is 0 Å². The van der Waals surface area contributed by atoms with Crippen molar-refractivity contribution in [3.63, 3.8) is 0 Å². The van der Waals surface area contributed by atoms with Crippen molar-refractivity contribution in [2.75, 3.05) is 13.2 Å². The molecule has 4 rings (SSSR count). The zero-order valence-electron chi connectivity index (χ0n) is 14.0. The number of aromatic nitrogens is 5. The second kappa shape index (κ2) is 6.13. The van der Waals surface area contributed by atoms with Crippen molar-refractivity contribution in [2.45, 2.75) is 24.1 Å². The molecule has 0 aliphatic carbocycles. The van der Waals surface area contributed by atoms with Gasteiger partial charge in [0, 0.05) is 13.6 Å². The summed E-state index contributed by atoms with van der Waals surface area (Å²) in [5.74, 6) is 0. The summed E-state index contributed by atoms with van der Waals surface area (Å²) in [7, 11) is -2.06. The van der Waals surface area contributed by atoms with E-state index in [9.17, 15) is 13.5 Å². The third kappa shape index (κ3) is 2.60. The Labute approximate surface area is 149 Å². The van der Waals surface area contributed by atoms with Crippen molar-refractivity contribution in [2.24, 2.45) is 7.05 Å². The van der Waals surface area contributed by atoms with E-state index in [1.54, 1.807) is 29.9 Å². The fourth-order valence-electron chi connectivity index (χ4n) is 3.11. The smallest absolute Gasteiger partial charge is 0.245 e. The second-order valence-corrected chi connectivity index (χ2v) is 8.06. The van der Waals surface area contributed by atoms with Crippen molar-refractivity contribution in [1.29, 1.82) is 0 Å². The average Bonchev–Trinajstić information content (AvgIpc) is 3.24. The molecule has 138 valence electrons. The summed E-state index contributed by atoms with van der Waals surface area (Å²) in [4.78, 5) is 0.117. The lowest BCUT2D eigenvalue weighted by Gasteiger charge is -2.26. The van der Waals surface area contributed by atoms with Gasteiger partial charge in [0.1, 0.15) is 16.5 Å². The molecule has 1 unspecified atom stereocenters. The van der Waals surface area contributed by atoms with Gasteiger partial charge in [0.05, 0.1) is 36.6 Å². The Morgan fingerprint density at radius 1 is 1.31 bits per heavy atom. The SMILES string of the molecule is Cn1nnc2c(S(=O)(=O)N3CCn4nc(C(O)CO)cc4C3)cccc21. The monoisotopic (exact) mass is 378 g/mol. The highest BCUT2D eigenvalue weighted by molar-refractivity contribution is 7.89. The van der Waals surface area contributed by atoms with Gasteiger partial charge in [0.25, 0.3) is 0 Å². The van der Waals surface area contributed by atoms with Crippen molar-refractivity contribution >= 4 is 21.1 Å². The molecule has 1 aliphatic heterocycles. The number of nitrogens with zero attached hydrogens (tertiary/aromatic N) is 6. The molecule has 2 N–H and O–H groups in total. The summed E-state index contributed by atoms with van der Waals surface area (Å²) in [6, 6.07) is 6.58. The van der Waals surface area contributed by atoms with Gasteiger partial charge in [-0.15, -0.1) is 5.10 Å². The van der Waals surface area contributed by atoms with Gasteiger partial charge in [-0.25, -0.2) is 13.1 Å². The molecule has 3 heterocycles. The lowest BCUT2D eigenvalue weighted by atomic mass is 10.2. The minimum Gasteiger partial charge on any atom is -0.393 e. The Hall–Kier alpha value is -2.34. The van der Waals surface area contributed by atoms with Gasteiger partial charge in [-0.05, 0) is 18.2 Å². The molecule has 1 aromatic carbocycles. The number of rotatable bonds is 4. The summed E-state index contributed by atoms with van der Waals surface area (Å²) in [5.41, 5.74) is 1.97. The number of benzene rings is 1. The highest BCUT2D eigenvalue weighted by Gasteiger charge is 2.32. The molecule has 0 spiro atoms. The fraction of sp³-hybridized carbons (Fsp3) is 0.400. The molecule has 0 bridgehead atoms. The summed E-state index contributed by atoms with van der Waals surface area (Å²) < 4.78 is 30.8. The molecular formula is C15H18N6O4S. The Kier molecular flexibility index (Phi) is 4.03. The van der Waals surface area contributed by atoms with Gasteiger partial charge in [-0.3, -0.25) is 4.68 Å². The molecule has 0 saturated heterocycles. The maximum Gasteiger partial charge on any atom is 0.245 e. The third-order valence-corrected chi connectivity index (χ3v) is 6.40. The number of hydrogen-bond acceptors (Lipinski definition) is 7. The first-order valence-electron chi connectivity index (χ1n) is 8.06. The number of aliphatic hydroxyl groups excluding tert-OH is 2. The van der Waals surface area contributed by atoms with Crippen LogP contribution in [0.2, 0.25) is 0 Å². The zero-order chi connectivity index (χ0) is 18.5. The fourth-order valence-corrected chi connectivity index (χ4v) is 4.65. The molecule has 10 nitrogen and oxygen atoms in total. The van der Waals surface area contributed by atoms with Crippen LogP contribution >= 0.6 is 0 Å². The van der Waals surface area contributed by atoms with Crippen LogP contribution in [0.4, 0.5) is 0 Å². The topological polar surface area (TPSA) is 126 Å². The van der Waals surface area contributed by atoms with E-state index >= 15 is 0 Å². The van der Waals surface area contributed by atoms with Gasteiger partial charge >= 0.3 is 0 Å². The van der Waals surface area contributed by atoms with Crippen LogP contribution in [0.25, 0.3) is 11.0 Å². The predicted molar refractivity (Wildman–Crippen MR) is 90.4 cm³/mol. The summed E-state index contributed by atoms with van der Waals surface area (Å²) in [6.07, 6.45) is -1.08. The van der Waals surface area contributed by atoms with E-state index in [2.05, 4.69) is 15.4 Å². The average molecular weight is 378 g/mol. The van der Waals surface area contributed by atoms with Crippen LogP contribution in [-0.4, -0.2) is 60.9 Å². The number of fused-ring (bicyclic) bond motifs is 2. The number of aliphatic hydroxyl groups is 2. The normalized spacial score (nSPS) is 16.7. The molecule has 2 aromatic heterocycles. The molecule has 0 fully saturated rings. The van der Waals surface area contributed by atoms with E-state index in [1.165, 1.54) is 15.1 Å². The van der Waals surface area contributed by atoms with Gasteiger partial charge < -0.3 is 10.2 Å². The molecule has 11 heteroatoms. The molecule has 1 aliphatic rings. The van der Waals surface area contributed by atoms with Crippen molar-refractivity contribution in [1.82, 2.24) is 29.1 Å². The molecule has 0 amide bonds. The maximum atomic E-state index is 13.1. The van der Waals surface area contributed by atoms with Crippen LogP contribution in [0.15, 0.2) is 29.2 Å². The van der Waals surface area contributed by atoms with Gasteiger partial charge in [0.2, 0.25) is 10.0 Å². The van der Waals surface area contributed by atoms with Crippen molar-refractivity contribution in [3.8, 4) is 0 Å². The van der Waals surface area contributed by atoms with Crippen molar-refractivity contribution < 1.29 is 18.6 Å². The minimum atomic E-state index is -3.77. The van der Waals surface area contributed by atoms with Gasteiger partial charge in [-0.1, -0.05) is 11.3 Å². The quantitative estimate of drug-likeness (QED) is 0.620. The molecular weight excluding hydrogens is 360 g/mol. The van der Waals surface area contributed by atoms with Gasteiger partial charge in [0.15, 0.2) is 0 Å². The van der Waals surface area contributed by atoms with Crippen LogP contribution < -0.4 is 0 Å².